The quantitative estimate of drug-likeness (QED) is 0.403. The van der Waals surface area contributed by atoms with Gasteiger partial charge in [-0.25, -0.2) is 5.84 Å². The summed E-state index contributed by atoms with van der Waals surface area (Å²) in [6.45, 7) is 0.556. The maximum atomic E-state index is 11.4. The summed E-state index contributed by atoms with van der Waals surface area (Å²) in [4.78, 5) is 22.6. The number of aromatic nitrogens is 2. The van der Waals surface area contributed by atoms with Gasteiger partial charge in [0.2, 0.25) is 5.91 Å². The van der Waals surface area contributed by atoms with Gasteiger partial charge in [-0.05, 0) is 17.2 Å². The van der Waals surface area contributed by atoms with Crippen LogP contribution in [0.4, 0.5) is 0 Å². The largest absolute Gasteiger partial charge is 0.354 e. The Hall–Kier alpha value is -2.67. The molecule has 2 aromatic rings. The topological polar surface area (TPSA) is 102 Å². The first kappa shape index (κ1) is 14.7. The fourth-order valence-electron chi connectivity index (χ4n) is 1.88. The molecule has 21 heavy (non-hydrogen) atoms. The zero-order valence-electron chi connectivity index (χ0n) is 11.7. The number of hydrazine groups is 1. The van der Waals surface area contributed by atoms with Gasteiger partial charge in [0.05, 0.1) is 13.0 Å². The smallest absolute Gasteiger partial charge is 0.271 e. The van der Waals surface area contributed by atoms with E-state index in [2.05, 4.69) is 15.8 Å². The molecular formula is C14H17N5O2. The zero-order valence-corrected chi connectivity index (χ0v) is 11.7. The summed E-state index contributed by atoms with van der Waals surface area (Å²) in [5, 5.41) is 6.71. The summed E-state index contributed by atoms with van der Waals surface area (Å²) in [5.41, 5.74) is 4.39. The van der Waals surface area contributed by atoms with E-state index in [4.69, 9.17) is 5.84 Å². The lowest BCUT2D eigenvalue weighted by Crippen LogP contribution is -2.31. The van der Waals surface area contributed by atoms with E-state index in [9.17, 15) is 9.59 Å². The molecule has 1 aromatic carbocycles. The number of carbonyl (C=O) groups excluding carboxylic acids is 2. The van der Waals surface area contributed by atoms with Gasteiger partial charge in [0, 0.05) is 13.2 Å². The SMILES string of the molecule is CNC(=O)c1ccn(Cc2ccc(CC(=O)NN)cc2)n1. The number of rotatable bonds is 5. The monoisotopic (exact) mass is 287 g/mol. The van der Waals surface area contributed by atoms with Crippen LogP contribution in [0.5, 0.6) is 0 Å². The molecule has 7 nitrogen and oxygen atoms in total. The normalized spacial score (nSPS) is 10.2. The van der Waals surface area contributed by atoms with Gasteiger partial charge in [0.15, 0.2) is 0 Å². The number of nitrogens with two attached hydrogens (primary N) is 1. The predicted octanol–water partition coefficient (Wildman–Crippen LogP) is -0.177. The van der Waals surface area contributed by atoms with Crippen LogP contribution in [0.3, 0.4) is 0 Å². The molecule has 2 rings (SSSR count). The molecule has 0 fully saturated rings. The van der Waals surface area contributed by atoms with Crippen molar-refractivity contribution >= 4 is 11.8 Å². The molecule has 0 aliphatic rings. The van der Waals surface area contributed by atoms with Gasteiger partial charge in [-0.1, -0.05) is 24.3 Å². The molecule has 2 amide bonds. The van der Waals surface area contributed by atoms with Gasteiger partial charge < -0.3 is 5.32 Å². The standard InChI is InChI=1S/C14H17N5O2/c1-16-14(21)12-6-7-19(18-12)9-11-4-2-10(3-5-11)8-13(20)17-15/h2-7H,8-9,15H2,1H3,(H,16,21)(H,17,20). The molecule has 0 bridgehead atoms. The lowest BCUT2D eigenvalue weighted by molar-refractivity contribution is -0.120. The van der Waals surface area contributed by atoms with Crippen LogP contribution in [0.25, 0.3) is 0 Å². The van der Waals surface area contributed by atoms with Crippen molar-refractivity contribution in [3.05, 3.63) is 53.3 Å². The lowest BCUT2D eigenvalue weighted by atomic mass is 10.1. The maximum Gasteiger partial charge on any atom is 0.271 e. The minimum Gasteiger partial charge on any atom is -0.354 e. The van der Waals surface area contributed by atoms with Crippen molar-refractivity contribution in [2.45, 2.75) is 13.0 Å². The Kier molecular flexibility index (Phi) is 4.68. The molecule has 1 aromatic heterocycles. The number of nitrogens with zero attached hydrogens (tertiary/aromatic N) is 2. The first-order valence-electron chi connectivity index (χ1n) is 6.45. The molecule has 110 valence electrons. The molecule has 0 saturated heterocycles. The molecule has 0 spiro atoms. The van der Waals surface area contributed by atoms with E-state index in [-0.39, 0.29) is 18.2 Å². The molecule has 7 heteroatoms. The highest BCUT2D eigenvalue weighted by molar-refractivity contribution is 5.91. The van der Waals surface area contributed by atoms with E-state index in [1.807, 2.05) is 24.3 Å². The third kappa shape index (κ3) is 3.90. The van der Waals surface area contributed by atoms with E-state index in [0.29, 0.717) is 12.2 Å². The number of carbonyl (C=O) groups is 2. The van der Waals surface area contributed by atoms with E-state index >= 15 is 0 Å². The lowest BCUT2D eigenvalue weighted by Gasteiger charge is -2.04. The summed E-state index contributed by atoms with van der Waals surface area (Å²) < 4.78 is 1.69. The molecular weight excluding hydrogens is 270 g/mol. The Bertz CT molecular complexity index is 633. The number of amides is 2. The second kappa shape index (κ2) is 6.67. The Morgan fingerprint density at radius 3 is 2.48 bits per heavy atom. The van der Waals surface area contributed by atoms with E-state index in [1.54, 1.807) is 24.0 Å². The minimum atomic E-state index is -0.231. The number of hydrogen-bond acceptors (Lipinski definition) is 4. The third-order valence-electron chi connectivity index (χ3n) is 2.99. The maximum absolute atomic E-state index is 11.4. The van der Waals surface area contributed by atoms with Crippen LogP contribution in [-0.4, -0.2) is 28.6 Å². The molecule has 0 saturated carbocycles. The van der Waals surface area contributed by atoms with Gasteiger partial charge >= 0.3 is 0 Å². The fourth-order valence-corrected chi connectivity index (χ4v) is 1.88. The van der Waals surface area contributed by atoms with Crippen LogP contribution >= 0.6 is 0 Å². The molecule has 0 aliphatic heterocycles. The minimum absolute atomic E-state index is 0.211. The van der Waals surface area contributed by atoms with Crippen molar-refractivity contribution in [2.75, 3.05) is 7.05 Å². The van der Waals surface area contributed by atoms with E-state index in [0.717, 1.165) is 11.1 Å². The van der Waals surface area contributed by atoms with Crippen LogP contribution in [0, 0.1) is 0 Å². The molecule has 4 N–H and O–H groups in total. The average molecular weight is 287 g/mol. The second-order valence-electron chi connectivity index (χ2n) is 4.54. The Labute approximate surface area is 122 Å². The molecule has 0 radical (unpaired) electrons. The van der Waals surface area contributed by atoms with E-state index in [1.165, 1.54) is 0 Å². The predicted molar refractivity (Wildman–Crippen MR) is 77.2 cm³/mol. The van der Waals surface area contributed by atoms with Crippen molar-refractivity contribution in [3.63, 3.8) is 0 Å². The number of hydrogen-bond donors (Lipinski definition) is 3. The van der Waals surface area contributed by atoms with Crippen LogP contribution in [0.15, 0.2) is 36.5 Å². The molecule has 1 heterocycles. The fraction of sp³-hybridized carbons (Fsp3) is 0.214. The molecule has 0 unspecified atom stereocenters. The highest BCUT2D eigenvalue weighted by atomic mass is 16.2. The molecule has 0 atom stereocenters. The first-order chi connectivity index (χ1) is 10.1. The number of benzene rings is 1. The highest BCUT2D eigenvalue weighted by Crippen LogP contribution is 2.07. The Morgan fingerprint density at radius 1 is 1.19 bits per heavy atom. The summed E-state index contributed by atoms with van der Waals surface area (Å²) in [6, 6.07) is 9.24. The van der Waals surface area contributed by atoms with Crippen LogP contribution in [-0.2, 0) is 17.8 Å². The van der Waals surface area contributed by atoms with Crippen molar-refractivity contribution in [1.29, 1.82) is 0 Å². The average Bonchev–Trinajstić information content (AvgIpc) is 2.96. The van der Waals surface area contributed by atoms with Gasteiger partial charge in [-0.3, -0.25) is 19.7 Å². The van der Waals surface area contributed by atoms with Gasteiger partial charge in [0.25, 0.3) is 5.91 Å². The van der Waals surface area contributed by atoms with Crippen LogP contribution in [0.1, 0.15) is 21.6 Å². The first-order valence-corrected chi connectivity index (χ1v) is 6.45. The van der Waals surface area contributed by atoms with Crippen LogP contribution in [0.2, 0.25) is 0 Å². The Morgan fingerprint density at radius 2 is 1.86 bits per heavy atom. The summed E-state index contributed by atoms with van der Waals surface area (Å²) in [7, 11) is 1.57. The van der Waals surface area contributed by atoms with Gasteiger partial charge in [-0.2, -0.15) is 5.10 Å². The summed E-state index contributed by atoms with van der Waals surface area (Å²) in [5.74, 6) is 4.60. The second-order valence-corrected chi connectivity index (χ2v) is 4.54. The van der Waals surface area contributed by atoms with Crippen molar-refractivity contribution in [1.82, 2.24) is 20.5 Å². The Balaban J connectivity index is 2.01. The van der Waals surface area contributed by atoms with Gasteiger partial charge in [0.1, 0.15) is 5.69 Å². The summed E-state index contributed by atoms with van der Waals surface area (Å²) in [6.07, 6.45) is 2.00. The zero-order chi connectivity index (χ0) is 15.2. The molecule has 0 aliphatic carbocycles. The third-order valence-corrected chi connectivity index (χ3v) is 2.99. The van der Waals surface area contributed by atoms with E-state index < -0.39 is 0 Å². The van der Waals surface area contributed by atoms with Gasteiger partial charge in [-0.15, -0.1) is 0 Å². The highest BCUT2D eigenvalue weighted by Gasteiger charge is 2.07. The van der Waals surface area contributed by atoms with Crippen molar-refractivity contribution < 1.29 is 9.59 Å². The van der Waals surface area contributed by atoms with Crippen molar-refractivity contribution in [2.24, 2.45) is 5.84 Å². The van der Waals surface area contributed by atoms with Crippen LogP contribution < -0.4 is 16.6 Å². The number of nitrogens with one attached hydrogen (secondary N) is 2. The summed E-state index contributed by atoms with van der Waals surface area (Å²) >= 11 is 0. The van der Waals surface area contributed by atoms with Crippen molar-refractivity contribution in [3.8, 4) is 0 Å².